The van der Waals surface area contributed by atoms with Crippen LogP contribution in [-0.4, -0.2) is 46.9 Å². The molecule has 0 spiro atoms. The van der Waals surface area contributed by atoms with Crippen LogP contribution >= 0.6 is 11.8 Å². The van der Waals surface area contributed by atoms with E-state index in [4.69, 9.17) is 15.2 Å². The number of alkyl halides is 1. The van der Waals surface area contributed by atoms with E-state index in [0.717, 1.165) is 6.42 Å². The molecule has 1 aliphatic heterocycles. The minimum absolute atomic E-state index is 0.0210. The first-order valence-electron chi connectivity index (χ1n) is 10.0. The summed E-state index contributed by atoms with van der Waals surface area (Å²) in [5.41, 5.74) is 5.98. The Morgan fingerprint density at radius 2 is 2.16 bits per heavy atom. The molecule has 2 N–H and O–H groups in total. The van der Waals surface area contributed by atoms with Gasteiger partial charge in [-0.1, -0.05) is 17.8 Å². The smallest absolute Gasteiger partial charge is 0.232 e. The SMILES string of the molecule is COC[C@]12CC1[C@@](C)(c1cc(/C=C(\F)c3cnc(OCCF)cn3)ccc1F)N=C(N)S2. The highest BCUT2D eigenvalue weighted by atomic mass is 32.2. The summed E-state index contributed by atoms with van der Waals surface area (Å²) < 4.78 is 52.0. The zero-order valence-electron chi connectivity index (χ0n) is 17.6. The molecule has 0 saturated heterocycles. The fourth-order valence-electron chi connectivity index (χ4n) is 4.23. The fraction of sp³-hybridized carbons (Fsp3) is 0.409. The summed E-state index contributed by atoms with van der Waals surface area (Å²) in [7, 11) is 1.63. The number of fused-ring (bicyclic) bond motifs is 1. The lowest BCUT2D eigenvalue weighted by atomic mass is 9.85. The lowest BCUT2D eigenvalue weighted by Crippen LogP contribution is -2.37. The number of amidine groups is 1. The van der Waals surface area contributed by atoms with Crippen LogP contribution in [0.2, 0.25) is 0 Å². The van der Waals surface area contributed by atoms with Crippen molar-refractivity contribution < 1.29 is 22.6 Å². The summed E-state index contributed by atoms with van der Waals surface area (Å²) in [5.74, 6) is -0.931. The number of thioether (sulfide) groups is 1. The van der Waals surface area contributed by atoms with Crippen LogP contribution in [0, 0.1) is 11.7 Å². The van der Waals surface area contributed by atoms with E-state index in [9.17, 15) is 13.2 Å². The first-order valence-corrected chi connectivity index (χ1v) is 10.8. The number of hydrogen-bond donors (Lipinski definition) is 1. The largest absolute Gasteiger partial charge is 0.474 e. The van der Waals surface area contributed by atoms with Crippen molar-refractivity contribution in [1.29, 1.82) is 0 Å². The molecule has 2 heterocycles. The molecule has 6 nitrogen and oxygen atoms in total. The van der Waals surface area contributed by atoms with Crippen LogP contribution in [0.1, 0.15) is 30.2 Å². The van der Waals surface area contributed by atoms with Crippen LogP contribution in [-0.2, 0) is 10.3 Å². The minimum atomic E-state index is -0.881. The second-order valence-electron chi connectivity index (χ2n) is 7.96. The predicted octanol–water partition coefficient (Wildman–Crippen LogP) is 4.11. The Bertz CT molecular complexity index is 1070. The number of nitrogens with zero attached hydrogens (tertiary/aromatic N) is 3. The molecule has 3 atom stereocenters. The molecule has 1 unspecified atom stereocenters. The van der Waals surface area contributed by atoms with E-state index in [1.807, 2.05) is 6.92 Å². The molecule has 0 amide bonds. The Kier molecular flexibility index (Phi) is 6.17. The van der Waals surface area contributed by atoms with Gasteiger partial charge >= 0.3 is 0 Å². The lowest BCUT2D eigenvalue weighted by Gasteiger charge is -2.34. The van der Waals surface area contributed by atoms with Crippen molar-refractivity contribution in [2.45, 2.75) is 23.6 Å². The van der Waals surface area contributed by atoms with Crippen molar-refractivity contribution in [1.82, 2.24) is 9.97 Å². The van der Waals surface area contributed by atoms with Crippen molar-refractivity contribution in [3.05, 3.63) is 53.2 Å². The van der Waals surface area contributed by atoms with Crippen molar-refractivity contribution in [2.24, 2.45) is 16.6 Å². The summed E-state index contributed by atoms with van der Waals surface area (Å²) in [5, 5.41) is 0.384. The number of halogens is 3. The number of aliphatic imine (C=N–C) groups is 1. The monoisotopic (exact) mass is 464 g/mol. The Labute approximate surface area is 188 Å². The van der Waals surface area contributed by atoms with Crippen molar-refractivity contribution >= 4 is 28.8 Å². The Hall–Kier alpha value is -2.59. The zero-order chi connectivity index (χ0) is 22.9. The highest BCUT2D eigenvalue weighted by Gasteiger charge is 2.66. The zero-order valence-corrected chi connectivity index (χ0v) is 18.5. The van der Waals surface area contributed by atoms with E-state index in [1.54, 1.807) is 13.2 Å². The molecule has 1 saturated carbocycles. The highest BCUT2D eigenvalue weighted by molar-refractivity contribution is 8.15. The molecule has 10 heteroatoms. The van der Waals surface area contributed by atoms with Gasteiger partial charge in [0.05, 0.1) is 29.3 Å². The average Bonchev–Trinajstić information content (AvgIpc) is 3.49. The molecule has 2 aromatic rings. The Morgan fingerprint density at radius 1 is 1.34 bits per heavy atom. The molecule has 32 heavy (non-hydrogen) atoms. The third-order valence-electron chi connectivity index (χ3n) is 5.77. The normalized spacial score (nSPS) is 27.0. The van der Waals surface area contributed by atoms with Gasteiger partial charge in [-0.2, -0.15) is 0 Å². The topological polar surface area (TPSA) is 82.6 Å². The molecule has 2 aliphatic rings. The number of benzene rings is 1. The Balaban J connectivity index is 1.63. The maximum Gasteiger partial charge on any atom is 0.232 e. The van der Waals surface area contributed by atoms with Crippen molar-refractivity contribution in [3.8, 4) is 5.88 Å². The summed E-state index contributed by atoms with van der Waals surface area (Å²) in [6, 6.07) is 4.37. The van der Waals surface area contributed by atoms with E-state index >= 15 is 0 Å². The van der Waals surface area contributed by atoms with Gasteiger partial charge in [0, 0.05) is 18.6 Å². The molecule has 1 aromatic carbocycles. The molecule has 1 aromatic heterocycles. The molecular formula is C22H23F3N4O2S. The number of aromatic nitrogens is 2. The Morgan fingerprint density at radius 3 is 2.84 bits per heavy atom. The molecule has 0 bridgehead atoms. The number of nitrogens with two attached hydrogens (primary N) is 1. The van der Waals surface area contributed by atoms with Gasteiger partial charge in [-0.3, -0.25) is 4.99 Å². The fourth-order valence-corrected chi connectivity index (χ4v) is 5.68. The summed E-state index contributed by atoms with van der Waals surface area (Å²) in [6.45, 7) is 1.53. The standard InChI is InChI=1S/C22H23F3N4O2S/c1-21(18-9-22(18,12-30-2)32-20(26)29-21)14-7-13(3-4-15(14)24)8-16(25)17-10-28-19(11-27-17)31-6-5-23/h3-4,7-8,10-11,18H,5-6,9,12H2,1-2H3,(H2,26,29)/b16-8-/t18?,21-,22-/m1/s1. The number of rotatable bonds is 8. The summed E-state index contributed by atoms with van der Waals surface area (Å²) in [6.07, 6.45) is 4.46. The van der Waals surface area contributed by atoms with Gasteiger partial charge in [-0.25, -0.2) is 23.1 Å². The van der Waals surface area contributed by atoms with Crippen molar-refractivity contribution in [2.75, 3.05) is 27.0 Å². The van der Waals surface area contributed by atoms with Gasteiger partial charge in [0.2, 0.25) is 5.88 Å². The van der Waals surface area contributed by atoms with Crippen LogP contribution < -0.4 is 10.5 Å². The second-order valence-corrected chi connectivity index (χ2v) is 9.40. The summed E-state index contributed by atoms with van der Waals surface area (Å²) >= 11 is 1.47. The highest BCUT2D eigenvalue weighted by Crippen LogP contribution is 2.65. The maximum absolute atomic E-state index is 14.9. The van der Waals surface area contributed by atoms with Gasteiger partial charge in [0.1, 0.15) is 24.8 Å². The van der Waals surface area contributed by atoms with Crippen LogP contribution in [0.25, 0.3) is 11.9 Å². The molecule has 1 fully saturated rings. The van der Waals surface area contributed by atoms with Crippen LogP contribution in [0.4, 0.5) is 13.2 Å². The molecule has 4 rings (SSSR count). The number of hydrogen-bond acceptors (Lipinski definition) is 7. The number of ether oxygens (including phenoxy) is 2. The molecule has 170 valence electrons. The van der Waals surface area contributed by atoms with Gasteiger partial charge in [-0.15, -0.1) is 0 Å². The van der Waals surface area contributed by atoms with Crippen LogP contribution in [0.15, 0.2) is 35.6 Å². The van der Waals surface area contributed by atoms with E-state index in [0.29, 0.717) is 22.9 Å². The maximum atomic E-state index is 14.9. The number of methoxy groups -OCH3 is 1. The molecule has 1 aliphatic carbocycles. The third-order valence-corrected chi connectivity index (χ3v) is 7.05. The summed E-state index contributed by atoms with van der Waals surface area (Å²) in [4.78, 5) is 12.4. The second kappa shape index (κ2) is 8.74. The quantitative estimate of drug-likeness (QED) is 0.633. The predicted molar refractivity (Wildman–Crippen MR) is 118 cm³/mol. The third kappa shape index (κ3) is 4.21. The average molecular weight is 465 g/mol. The van der Waals surface area contributed by atoms with Crippen LogP contribution in [0.5, 0.6) is 5.88 Å². The minimum Gasteiger partial charge on any atom is -0.474 e. The van der Waals surface area contributed by atoms with E-state index in [1.165, 1.54) is 42.4 Å². The van der Waals surface area contributed by atoms with Gasteiger partial charge in [-0.05, 0) is 37.1 Å². The van der Waals surface area contributed by atoms with E-state index < -0.39 is 23.9 Å². The van der Waals surface area contributed by atoms with Crippen LogP contribution in [0.3, 0.4) is 0 Å². The first-order chi connectivity index (χ1) is 15.3. The van der Waals surface area contributed by atoms with Gasteiger partial charge in [0.15, 0.2) is 11.0 Å². The first kappa shape index (κ1) is 22.6. The lowest BCUT2D eigenvalue weighted by molar-refractivity contribution is 0.184. The molecule has 0 radical (unpaired) electrons. The van der Waals surface area contributed by atoms with E-state index in [2.05, 4.69) is 15.0 Å². The molecular weight excluding hydrogens is 441 g/mol. The van der Waals surface area contributed by atoms with Crippen molar-refractivity contribution in [3.63, 3.8) is 0 Å². The van der Waals surface area contributed by atoms with Gasteiger partial charge < -0.3 is 15.2 Å². The van der Waals surface area contributed by atoms with Gasteiger partial charge in [0.25, 0.3) is 0 Å². The van der Waals surface area contributed by atoms with E-state index in [-0.39, 0.29) is 28.8 Å².